The molecule has 0 aliphatic heterocycles. The fraction of sp³-hybridized carbons (Fsp3) is 0.300. The molecule has 0 spiro atoms. The van der Waals surface area contributed by atoms with Crippen LogP contribution in [0.2, 0.25) is 0 Å². The summed E-state index contributed by atoms with van der Waals surface area (Å²) < 4.78 is 10.6. The number of H-pyrrole nitrogens is 1. The van der Waals surface area contributed by atoms with Gasteiger partial charge in [0, 0.05) is 30.4 Å². The number of ether oxygens (including phenoxy) is 2. The summed E-state index contributed by atoms with van der Waals surface area (Å²) in [4.78, 5) is 19.1. The van der Waals surface area contributed by atoms with Crippen LogP contribution in [0.15, 0.2) is 42.7 Å². The minimum atomic E-state index is -0.451. The number of hydrogen-bond donors (Lipinski definition) is 2. The van der Waals surface area contributed by atoms with Gasteiger partial charge in [-0.3, -0.25) is 0 Å². The van der Waals surface area contributed by atoms with E-state index in [0.29, 0.717) is 17.1 Å². The largest absolute Gasteiger partial charge is 0.465 e. The second-order valence-electron chi connectivity index (χ2n) is 4.64. The van der Waals surface area contributed by atoms with Crippen LogP contribution in [-0.2, 0) is 4.74 Å². The average Bonchev–Trinajstić information content (AvgIpc) is 3.18. The second-order valence-corrected chi connectivity index (χ2v) is 4.64. The van der Waals surface area contributed by atoms with Crippen LogP contribution in [-0.4, -0.2) is 30.1 Å². The number of carbonyl (C=O) groups excluding carboxylic acids is 1. The number of carbonyl (C=O) groups is 1. The number of aromatic amines is 1. The molecule has 140 valence electrons. The molecule has 0 saturated carbocycles. The van der Waals surface area contributed by atoms with Crippen LogP contribution in [0.4, 0.5) is 5.69 Å². The highest BCUT2D eigenvalue weighted by atomic mass is 16.5. The van der Waals surface area contributed by atoms with Gasteiger partial charge in [0.1, 0.15) is 22.7 Å². The summed E-state index contributed by atoms with van der Waals surface area (Å²) in [5.74, 6) is 0.509. The summed E-state index contributed by atoms with van der Waals surface area (Å²) in [5, 5.41) is 3.94. The van der Waals surface area contributed by atoms with E-state index < -0.39 is 5.97 Å². The van der Waals surface area contributed by atoms with Crippen molar-refractivity contribution in [3.05, 3.63) is 48.3 Å². The molecule has 0 aliphatic carbocycles. The van der Waals surface area contributed by atoms with Crippen molar-refractivity contribution < 1.29 is 14.3 Å². The number of esters is 1. The lowest BCUT2D eigenvalue weighted by atomic mass is 10.2. The Hall–Kier alpha value is -3.02. The Kier molecular flexibility index (Phi) is 8.70. The van der Waals surface area contributed by atoms with Gasteiger partial charge < -0.3 is 19.8 Å². The monoisotopic (exact) mass is 357 g/mol. The molecule has 0 bridgehead atoms. The van der Waals surface area contributed by atoms with E-state index in [1.165, 1.54) is 7.11 Å². The Morgan fingerprint density at radius 2 is 1.85 bits per heavy atom. The molecule has 3 rings (SSSR count). The maximum absolute atomic E-state index is 11.9. The van der Waals surface area contributed by atoms with Crippen molar-refractivity contribution in [2.45, 2.75) is 27.7 Å². The molecule has 2 aromatic heterocycles. The first-order valence-corrected chi connectivity index (χ1v) is 8.72. The van der Waals surface area contributed by atoms with Crippen molar-refractivity contribution in [2.75, 3.05) is 19.5 Å². The Morgan fingerprint density at radius 1 is 1.12 bits per heavy atom. The third-order valence-electron chi connectivity index (χ3n) is 3.28. The number of hydrogen-bond acceptors (Lipinski definition) is 5. The van der Waals surface area contributed by atoms with Gasteiger partial charge in [-0.05, 0) is 24.3 Å². The number of nitrogens with zero attached hydrogens (tertiary/aromatic N) is 1. The van der Waals surface area contributed by atoms with Gasteiger partial charge in [-0.25, -0.2) is 9.78 Å². The average molecular weight is 357 g/mol. The van der Waals surface area contributed by atoms with Gasteiger partial charge in [-0.15, -0.1) is 0 Å². The first-order valence-electron chi connectivity index (χ1n) is 8.72. The molecule has 26 heavy (non-hydrogen) atoms. The molecule has 0 amide bonds. The lowest BCUT2D eigenvalue weighted by molar-refractivity contribution is 0.0598. The van der Waals surface area contributed by atoms with Crippen molar-refractivity contribution in [1.82, 2.24) is 9.97 Å². The highest BCUT2D eigenvalue weighted by Crippen LogP contribution is 2.30. The molecule has 0 unspecified atom stereocenters. The summed E-state index contributed by atoms with van der Waals surface area (Å²) in [6.07, 6.45) is 3.41. The topological polar surface area (TPSA) is 76.2 Å². The zero-order chi connectivity index (χ0) is 19.5. The predicted octanol–water partition coefficient (Wildman–Crippen LogP) is 5.24. The summed E-state index contributed by atoms with van der Waals surface area (Å²) in [7, 11) is 3.13. The molecule has 0 saturated heterocycles. The smallest absolute Gasteiger partial charge is 0.341 e. The molecule has 0 radical (unpaired) electrons. The van der Waals surface area contributed by atoms with E-state index in [1.807, 2.05) is 46.0 Å². The normalized spacial score (nSPS) is 9.31. The van der Waals surface area contributed by atoms with Gasteiger partial charge in [0.05, 0.1) is 13.3 Å². The summed E-state index contributed by atoms with van der Waals surface area (Å²) in [5.41, 5.74) is 1.97. The zero-order valence-corrected chi connectivity index (χ0v) is 16.2. The lowest BCUT2D eigenvalue weighted by Crippen LogP contribution is -2.04. The van der Waals surface area contributed by atoms with Crippen molar-refractivity contribution in [1.29, 1.82) is 0 Å². The molecule has 0 fully saturated rings. The van der Waals surface area contributed by atoms with E-state index in [1.54, 1.807) is 31.4 Å². The van der Waals surface area contributed by atoms with Gasteiger partial charge >= 0.3 is 5.97 Å². The molecule has 2 N–H and O–H groups in total. The van der Waals surface area contributed by atoms with E-state index in [4.69, 9.17) is 9.47 Å². The second kappa shape index (κ2) is 10.8. The number of benzene rings is 1. The van der Waals surface area contributed by atoms with Gasteiger partial charge in [0.25, 0.3) is 0 Å². The van der Waals surface area contributed by atoms with Gasteiger partial charge in [-0.1, -0.05) is 27.7 Å². The van der Waals surface area contributed by atoms with Crippen molar-refractivity contribution >= 4 is 22.7 Å². The SMILES string of the molecule is CC.CC.CNc1ccc(C(=O)OC)c(Oc2cnc3[nH]ccc3c2)c1. The maximum atomic E-state index is 11.9. The van der Waals surface area contributed by atoms with E-state index in [9.17, 15) is 4.79 Å². The quantitative estimate of drug-likeness (QED) is 0.625. The standard InChI is InChI=1S/C16H15N3O3.2C2H6/c1-17-11-3-4-13(16(20)21-2)14(8-11)22-12-7-10-5-6-18-15(10)19-9-12;2*1-2/h3-9,17H,1-2H3,(H,18,19);2*1-2H3. The minimum absolute atomic E-state index is 0.357. The third-order valence-corrected chi connectivity index (χ3v) is 3.28. The third kappa shape index (κ3) is 4.99. The number of fused-ring (bicyclic) bond motifs is 1. The molecule has 2 heterocycles. The molecule has 6 heteroatoms. The van der Waals surface area contributed by atoms with Crippen LogP contribution in [0.25, 0.3) is 11.0 Å². The van der Waals surface area contributed by atoms with Gasteiger partial charge in [0.2, 0.25) is 0 Å². The fourth-order valence-corrected chi connectivity index (χ4v) is 2.14. The Bertz CT molecular complexity index is 828. The zero-order valence-electron chi connectivity index (χ0n) is 16.2. The number of rotatable bonds is 4. The molecular formula is C20H27N3O3. The number of anilines is 1. The molecule has 0 atom stereocenters. The fourth-order valence-electron chi connectivity index (χ4n) is 2.14. The Labute approximate surface area is 154 Å². The van der Waals surface area contributed by atoms with E-state index >= 15 is 0 Å². The van der Waals surface area contributed by atoms with Gasteiger partial charge in [-0.2, -0.15) is 0 Å². The number of aromatic nitrogens is 2. The summed E-state index contributed by atoms with van der Waals surface area (Å²) >= 11 is 0. The van der Waals surface area contributed by atoms with Crippen molar-refractivity contribution in [2.24, 2.45) is 0 Å². The van der Waals surface area contributed by atoms with Gasteiger partial charge in [0.15, 0.2) is 0 Å². The summed E-state index contributed by atoms with van der Waals surface area (Å²) in [6.45, 7) is 8.00. The predicted molar refractivity (Wildman–Crippen MR) is 106 cm³/mol. The van der Waals surface area contributed by atoms with E-state index in [2.05, 4.69) is 15.3 Å². The molecular weight excluding hydrogens is 330 g/mol. The van der Waals surface area contributed by atoms with Crippen molar-refractivity contribution in [3.8, 4) is 11.5 Å². The first-order chi connectivity index (χ1) is 12.7. The van der Waals surface area contributed by atoms with Crippen LogP contribution < -0.4 is 10.1 Å². The maximum Gasteiger partial charge on any atom is 0.341 e. The lowest BCUT2D eigenvalue weighted by Gasteiger charge is -2.11. The highest BCUT2D eigenvalue weighted by molar-refractivity contribution is 5.93. The highest BCUT2D eigenvalue weighted by Gasteiger charge is 2.15. The number of pyridine rings is 1. The van der Waals surface area contributed by atoms with E-state index in [-0.39, 0.29) is 0 Å². The van der Waals surface area contributed by atoms with Crippen LogP contribution >= 0.6 is 0 Å². The van der Waals surface area contributed by atoms with Crippen molar-refractivity contribution in [3.63, 3.8) is 0 Å². The Balaban J connectivity index is 0.000000791. The van der Waals surface area contributed by atoms with Crippen LogP contribution in [0.1, 0.15) is 38.1 Å². The molecule has 0 aliphatic rings. The Morgan fingerprint density at radius 3 is 2.50 bits per heavy atom. The van der Waals surface area contributed by atoms with E-state index in [0.717, 1.165) is 16.7 Å². The summed E-state index contributed by atoms with van der Waals surface area (Å²) in [6, 6.07) is 8.95. The van der Waals surface area contributed by atoms with Crippen LogP contribution in [0.3, 0.4) is 0 Å². The first kappa shape index (κ1) is 21.0. The van der Waals surface area contributed by atoms with Crippen LogP contribution in [0.5, 0.6) is 11.5 Å². The molecule has 1 aromatic carbocycles. The number of methoxy groups -OCH3 is 1. The van der Waals surface area contributed by atoms with Crippen LogP contribution in [0, 0.1) is 0 Å². The minimum Gasteiger partial charge on any atom is -0.465 e. The number of nitrogens with one attached hydrogen (secondary N) is 2. The molecule has 3 aromatic rings. The molecule has 6 nitrogen and oxygen atoms in total.